The molecule has 0 fully saturated rings. The molecular formula is C4H12P2. The molecule has 2 unspecified atom stereocenters. The van der Waals surface area contributed by atoms with Gasteiger partial charge in [-0.2, -0.15) is 0 Å². The van der Waals surface area contributed by atoms with Crippen LogP contribution in [0.4, 0.5) is 0 Å². The summed E-state index contributed by atoms with van der Waals surface area (Å²) in [4.78, 5) is 0. The minimum Gasteiger partial charge on any atom is -0.130 e. The van der Waals surface area contributed by atoms with E-state index in [0.717, 1.165) is 5.40 Å². The molecule has 0 bridgehead atoms. The van der Waals surface area contributed by atoms with Crippen molar-refractivity contribution in [3.05, 3.63) is 0 Å². The maximum Gasteiger partial charge on any atom is -0.00953 e. The van der Waals surface area contributed by atoms with Crippen LogP contribution in [0.2, 0.25) is 0 Å². The first-order chi connectivity index (χ1) is 2.64. The highest BCUT2D eigenvalue weighted by Gasteiger charge is 1.94. The van der Waals surface area contributed by atoms with Crippen molar-refractivity contribution in [2.75, 3.05) is 13.3 Å². The molecular weight excluding hydrogens is 110 g/mol. The summed E-state index contributed by atoms with van der Waals surface area (Å²) in [6, 6.07) is 0. The van der Waals surface area contributed by atoms with Crippen LogP contribution in [-0.4, -0.2) is 18.7 Å². The normalized spacial score (nSPS) is 15.5. The Balaban J connectivity index is 2.99. The van der Waals surface area contributed by atoms with Crippen molar-refractivity contribution in [3.63, 3.8) is 0 Å². The zero-order chi connectivity index (χ0) is 5.15. The fourth-order valence-corrected chi connectivity index (χ4v) is 0. The molecule has 0 rings (SSSR count). The Labute approximate surface area is 43.7 Å². The van der Waals surface area contributed by atoms with Crippen molar-refractivity contribution in [3.8, 4) is 0 Å². The van der Waals surface area contributed by atoms with Crippen LogP contribution in [-0.2, 0) is 0 Å². The van der Waals surface area contributed by atoms with E-state index in [1.165, 1.54) is 0 Å². The molecule has 0 aliphatic rings. The molecule has 0 N–H and O–H groups in total. The van der Waals surface area contributed by atoms with Crippen LogP contribution in [0.5, 0.6) is 0 Å². The highest BCUT2D eigenvalue weighted by atomic mass is 31.2. The minimum atomic E-state index is 0.303. The lowest BCUT2D eigenvalue weighted by Gasteiger charge is -2.06. The van der Waals surface area contributed by atoms with Crippen molar-refractivity contribution in [2.45, 2.75) is 12.3 Å². The van der Waals surface area contributed by atoms with E-state index < -0.39 is 0 Å². The van der Waals surface area contributed by atoms with E-state index in [1.807, 2.05) is 0 Å². The average Bonchev–Trinajstić information content (AvgIpc) is 1.36. The van der Waals surface area contributed by atoms with Gasteiger partial charge in [-0.3, -0.25) is 0 Å². The summed E-state index contributed by atoms with van der Waals surface area (Å²) in [5, 5.41) is 0.833. The third-order valence-corrected chi connectivity index (χ3v) is 4.23. The average molecular weight is 122 g/mol. The van der Waals surface area contributed by atoms with E-state index >= 15 is 0 Å². The van der Waals surface area contributed by atoms with Gasteiger partial charge in [-0.25, -0.2) is 0 Å². The Kier molecular flexibility index (Phi) is 3.36. The molecule has 0 amide bonds. The SMILES string of the molecule is CC(P)P(C)C. The Morgan fingerprint density at radius 2 is 1.67 bits per heavy atom. The van der Waals surface area contributed by atoms with Crippen molar-refractivity contribution < 1.29 is 0 Å². The summed E-state index contributed by atoms with van der Waals surface area (Å²) in [7, 11) is 3.11. The fraction of sp³-hybridized carbons (Fsp3) is 1.00. The second-order valence-corrected chi connectivity index (χ2v) is 6.01. The third-order valence-electron chi connectivity index (χ3n) is 0.815. The number of rotatable bonds is 1. The molecule has 0 aliphatic heterocycles. The van der Waals surface area contributed by atoms with Gasteiger partial charge in [-0.05, 0) is 18.7 Å². The van der Waals surface area contributed by atoms with Gasteiger partial charge < -0.3 is 0 Å². The van der Waals surface area contributed by atoms with E-state index in [0.29, 0.717) is 7.92 Å². The zero-order valence-electron chi connectivity index (χ0n) is 4.60. The van der Waals surface area contributed by atoms with E-state index in [4.69, 9.17) is 0 Å². The topological polar surface area (TPSA) is 0 Å². The summed E-state index contributed by atoms with van der Waals surface area (Å²) < 4.78 is 0. The standard InChI is InChI=1S/C4H12P2/c1-4(5)6(2)3/h4H,5H2,1-3H3. The van der Waals surface area contributed by atoms with Gasteiger partial charge in [-0.1, -0.05) is 6.92 Å². The predicted molar refractivity (Wildman–Crippen MR) is 37.9 cm³/mol. The first-order valence-corrected chi connectivity index (χ1v) is 5.04. The van der Waals surface area contributed by atoms with Crippen LogP contribution in [0.3, 0.4) is 0 Å². The predicted octanol–water partition coefficient (Wildman–Crippen LogP) is 1.95. The molecule has 6 heavy (non-hydrogen) atoms. The number of hydrogen-bond donors (Lipinski definition) is 0. The van der Waals surface area contributed by atoms with Gasteiger partial charge in [0.15, 0.2) is 0 Å². The van der Waals surface area contributed by atoms with Gasteiger partial charge in [0.2, 0.25) is 0 Å². The van der Waals surface area contributed by atoms with Crippen molar-refractivity contribution in [1.29, 1.82) is 0 Å². The molecule has 0 aromatic carbocycles. The minimum absolute atomic E-state index is 0.303. The lowest BCUT2D eigenvalue weighted by molar-refractivity contribution is 1.40. The summed E-state index contributed by atoms with van der Waals surface area (Å²) >= 11 is 0. The highest BCUT2D eigenvalue weighted by molar-refractivity contribution is 7.63. The molecule has 38 valence electrons. The molecule has 2 atom stereocenters. The molecule has 0 aromatic heterocycles. The second-order valence-electron chi connectivity index (χ2n) is 1.70. The van der Waals surface area contributed by atoms with Gasteiger partial charge in [0.05, 0.1) is 0 Å². The summed E-state index contributed by atoms with van der Waals surface area (Å²) in [5.74, 6) is 0. The van der Waals surface area contributed by atoms with E-state index in [-0.39, 0.29) is 0 Å². The van der Waals surface area contributed by atoms with Gasteiger partial charge in [0.1, 0.15) is 0 Å². The van der Waals surface area contributed by atoms with Crippen molar-refractivity contribution >= 4 is 17.2 Å². The first kappa shape index (κ1) is 6.86. The van der Waals surface area contributed by atoms with Gasteiger partial charge in [-0.15, -0.1) is 17.2 Å². The lowest BCUT2D eigenvalue weighted by Crippen LogP contribution is -1.80. The summed E-state index contributed by atoms with van der Waals surface area (Å²) in [6.45, 7) is 6.80. The molecule has 0 nitrogen and oxygen atoms in total. The molecule has 0 spiro atoms. The Morgan fingerprint density at radius 3 is 1.67 bits per heavy atom. The third kappa shape index (κ3) is 3.07. The zero-order valence-corrected chi connectivity index (χ0v) is 6.65. The second kappa shape index (κ2) is 2.94. The van der Waals surface area contributed by atoms with Crippen LogP contribution in [0.15, 0.2) is 0 Å². The van der Waals surface area contributed by atoms with Gasteiger partial charge in [0, 0.05) is 0 Å². The Hall–Kier alpha value is 0.860. The fourth-order valence-electron chi connectivity index (χ4n) is 0. The highest BCUT2D eigenvalue weighted by Crippen LogP contribution is 2.35. The molecule has 0 heterocycles. The van der Waals surface area contributed by atoms with Crippen molar-refractivity contribution in [2.24, 2.45) is 0 Å². The summed E-state index contributed by atoms with van der Waals surface area (Å²) in [6.07, 6.45) is 0. The summed E-state index contributed by atoms with van der Waals surface area (Å²) in [5.41, 5.74) is 0. The van der Waals surface area contributed by atoms with Crippen LogP contribution >= 0.6 is 17.2 Å². The molecule has 0 radical (unpaired) electrons. The Morgan fingerprint density at radius 1 is 1.50 bits per heavy atom. The molecule has 0 aliphatic carbocycles. The molecule has 0 saturated heterocycles. The molecule has 2 heteroatoms. The van der Waals surface area contributed by atoms with Gasteiger partial charge in [0.25, 0.3) is 0 Å². The van der Waals surface area contributed by atoms with E-state index in [2.05, 4.69) is 29.5 Å². The lowest BCUT2D eigenvalue weighted by atomic mass is 11.0. The van der Waals surface area contributed by atoms with E-state index in [1.54, 1.807) is 0 Å². The van der Waals surface area contributed by atoms with Crippen LogP contribution in [0.25, 0.3) is 0 Å². The van der Waals surface area contributed by atoms with E-state index in [9.17, 15) is 0 Å². The largest absolute Gasteiger partial charge is 0.130 e. The monoisotopic (exact) mass is 122 g/mol. The molecule has 0 saturated carbocycles. The van der Waals surface area contributed by atoms with Crippen molar-refractivity contribution in [1.82, 2.24) is 0 Å². The quantitative estimate of drug-likeness (QED) is 0.466. The maximum absolute atomic E-state index is 2.80. The maximum atomic E-state index is 2.80. The molecule has 0 aromatic rings. The van der Waals surface area contributed by atoms with Gasteiger partial charge >= 0.3 is 0 Å². The Bertz CT molecular complexity index is 26.5. The van der Waals surface area contributed by atoms with Crippen LogP contribution in [0.1, 0.15) is 6.92 Å². The smallest absolute Gasteiger partial charge is 0.00953 e. The van der Waals surface area contributed by atoms with Crippen LogP contribution in [0, 0.1) is 0 Å². The van der Waals surface area contributed by atoms with Crippen LogP contribution < -0.4 is 0 Å². The first-order valence-electron chi connectivity index (χ1n) is 2.06. The number of hydrogen-bond acceptors (Lipinski definition) is 0.